The third-order valence-electron chi connectivity index (χ3n) is 4.07. The van der Waals surface area contributed by atoms with Gasteiger partial charge in [-0.15, -0.1) is 0 Å². The van der Waals surface area contributed by atoms with Gasteiger partial charge in [0, 0.05) is 12.2 Å². The summed E-state index contributed by atoms with van der Waals surface area (Å²) < 4.78 is 11.4. The summed E-state index contributed by atoms with van der Waals surface area (Å²) in [6, 6.07) is 24.9. The van der Waals surface area contributed by atoms with Crippen LogP contribution < -0.4 is 20.1 Å². The van der Waals surface area contributed by atoms with E-state index >= 15 is 0 Å². The van der Waals surface area contributed by atoms with Crippen molar-refractivity contribution in [1.82, 2.24) is 5.32 Å². The summed E-state index contributed by atoms with van der Waals surface area (Å²) >= 11 is 0. The molecule has 150 valence electrons. The number of amides is 1. The van der Waals surface area contributed by atoms with E-state index in [-0.39, 0.29) is 18.6 Å². The van der Waals surface area contributed by atoms with E-state index in [9.17, 15) is 4.79 Å². The Balaban J connectivity index is 1.41. The zero-order valence-corrected chi connectivity index (χ0v) is 16.7. The van der Waals surface area contributed by atoms with Crippen LogP contribution in [0.2, 0.25) is 0 Å². The molecule has 0 aliphatic carbocycles. The molecule has 5 heteroatoms. The van der Waals surface area contributed by atoms with E-state index in [0.29, 0.717) is 6.54 Å². The molecule has 0 saturated carbocycles. The second-order valence-electron chi connectivity index (χ2n) is 6.88. The Labute approximate surface area is 171 Å². The third kappa shape index (κ3) is 6.88. The third-order valence-corrected chi connectivity index (χ3v) is 4.07. The first-order chi connectivity index (χ1) is 14.1. The van der Waals surface area contributed by atoms with Crippen LogP contribution in [-0.4, -0.2) is 18.6 Å². The van der Waals surface area contributed by atoms with Gasteiger partial charge in [-0.2, -0.15) is 0 Å². The van der Waals surface area contributed by atoms with E-state index in [0.717, 1.165) is 28.5 Å². The fraction of sp³-hybridized carbons (Fsp3) is 0.208. The lowest BCUT2D eigenvalue weighted by molar-refractivity contribution is -0.119. The summed E-state index contributed by atoms with van der Waals surface area (Å²) in [6.07, 6.45) is 0.144. The maximum absolute atomic E-state index is 12.1. The van der Waals surface area contributed by atoms with Crippen LogP contribution in [0.3, 0.4) is 0 Å². The molecule has 0 radical (unpaired) electrons. The maximum atomic E-state index is 12.1. The van der Waals surface area contributed by atoms with Gasteiger partial charge in [-0.05, 0) is 67.9 Å². The molecule has 0 aliphatic heterocycles. The Morgan fingerprint density at radius 3 is 2.10 bits per heavy atom. The van der Waals surface area contributed by atoms with Gasteiger partial charge in [0.2, 0.25) is 5.91 Å². The molecule has 0 aliphatic rings. The Hall–Kier alpha value is -3.47. The van der Waals surface area contributed by atoms with Gasteiger partial charge < -0.3 is 20.1 Å². The number of anilines is 1. The van der Waals surface area contributed by atoms with Crippen molar-refractivity contribution in [2.24, 2.45) is 0 Å². The van der Waals surface area contributed by atoms with Crippen molar-refractivity contribution in [3.05, 3.63) is 84.4 Å². The van der Waals surface area contributed by atoms with Crippen LogP contribution in [0.15, 0.2) is 78.9 Å². The van der Waals surface area contributed by atoms with Gasteiger partial charge in [0.15, 0.2) is 0 Å². The van der Waals surface area contributed by atoms with Crippen LogP contribution in [0.5, 0.6) is 17.2 Å². The lowest BCUT2D eigenvalue weighted by Crippen LogP contribution is -2.29. The van der Waals surface area contributed by atoms with Crippen LogP contribution in [0.25, 0.3) is 0 Å². The number of ether oxygens (including phenoxy) is 2. The van der Waals surface area contributed by atoms with Crippen molar-refractivity contribution in [3.63, 3.8) is 0 Å². The first-order valence-electron chi connectivity index (χ1n) is 9.67. The molecule has 0 bridgehead atoms. The molecule has 3 rings (SSSR count). The molecular weight excluding hydrogens is 364 g/mol. The molecule has 5 nitrogen and oxygen atoms in total. The highest BCUT2D eigenvalue weighted by atomic mass is 16.5. The second-order valence-corrected chi connectivity index (χ2v) is 6.88. The Morgan fingerprint density at radius 1 is 0.828 bits per heavy atom. The quantitative estimate of drug-likeness (QED) is 0.540. The van der Waals surface area contributed by atoms with Crippen LogP contribution in [0.4, 0.5) is 5.69 Å². The minimum absolute atomic E-state index is 0.0721. The van der Waals surface area contributed by atoms with Gasteiger partial charge >= 0.3 is 0 Å². The van der Waals surface area contributed by atoms with Crippen molar-refractivity contribution >= 4 is 11.6 Å². The van der Waals surface area contributed by atoms with Gasteiger partial charge in [-0.1, -0.05) is 30.3 Å². The zero-order valence-electron chi connectivity index (χ0n) is 16.7. The molecular formula is C24H26N2O3. The molecule has 3 aromatic carbocycles. The van der Waals surface area contributed by atoms with Gasteiger partial charge in [0.25, 0.3) is 0 Å². The number of para-hydroxylation sites is 1. The topological polar surface area (TPSA) is 59.6 Å². The maximum Gasteiger partial charge on any atom is 0.239 e. The highest BCUT2D eigenvalue weighted by molar-refractivity contribution is 5.80. The van der Waals surface area contributed by atoms with E-state index in [1.165, 1.54) is 0 Å². The van der Waals surface area contributed by atoms with Crippen LogP contribution in [0, 0.1) is 0 Å². The molecule has 2 N–H and O–H groups in total. The number of rotatable bonds is 9. The highest BCUT2D eigenvalue weighted by Gasteiger charge is 2.03. The average Bonchev–Trinajstić information content (AvgIpc) is 2.73. The first-order valence-corrected chi connectivity index (χ1v) is 9.67. The van der Waals surface area contributed by atoms with Gasteiger partial charge in [0.1, 0.15) is 17.2 Å². The molecule has 0 atom stereocenters. The van der Waals surface area contributed by atoms with E-state index in [2.05, 4.69) is 10.6 Å². The van der Waals surface area contributed by atoms with Crippen molar-refractivity contribution in [2.75, 3.05) is 11.9 Å². The van der Waals surface area contributed by atoms with Crippen LogP contribution >= 0.6 is 0 Å². The largest absolute Gasteiger partial charge is 0.491 e. The summed E-state index contributed by atoms with van der Waals surface area (Å²) in [7, 11) is 0. The summed E-state index contributed by atoms with van der Waals surface area (Å²) in [6.45, 7) is 4.66. The van der Waals surface area contributed by atoms with Crippen molar-refractivity contribution in [3.8, 4) is 17.2 Å². The second kappa shape index (κ2) is 10.2. The molecule has 0 unspecified atom stereocenters. The summed E-state index contributed by atoms with van der Waals surface area (Å²) in [5.41, 5.74) is 1.88. The van der Waals surface area contributed by atoms with Gasteiger partial charge in [0.05, 0.1) is 12.6 Å². The average molecular weight is 390 g/mol. The van der Waals surface area contributed by atoms with E-state index in [4.69, 9.17) is 9.47 Å². The number of hydrogen-bond acceptors (Lipinski definition) is 4. The van der Waals surface area contributed by atoms with Crippen molar-refractivity contribution < 1.29 is 14.3 Å². The molecule has 1 amide bonds. The SMILES string of the molecule is CC(C)Oc1ccc(CNC(=O)CNc2ccc(Oc3ccccc3)cc2)cc1. The van der Waals surface area contributed by atoms with Crippen molar-refractivity contribution in [1.29, 1.82) is 0 Å². The van der Waals surface area contributed by atoms with Gasteiger partial charge in [-0.25, -0.2) is 0 Å². The zero-order chi connectivity index (χ0) is 20.5. The number of carbonyl (C=O) groups excluding carboxylic acids is 1. The van der Waals surface area contributed by atoms with Crippen LogP contribution in [-0.2, 0) is 11.3 Å². The van der Waals surface area contributed by atoms with Gasteiger partial charge in [-0.3, -0.25) is 4.79 Å². The van der Waals surface area contributed by atoms with Crippen molar-refractivity contribution in [2.45, 2.75) is 26.5 Å². The Bertz CT molecular complexity index is 892. The molecule has 3 aromatic rings. The Morgan fingerprint density at radius 2 is 1.45 bits per heavy atom. The number of carbonyl (C=O) groups is 1. The lowest BCUT2D eigenvalue weighted by atomic mass is 10.2. The molecule has 0 fully saturated rings. The number of hydrogen-bond donors (Lipinski definition) is 2. The predicted molar refractivity (Wildman–Crippen MR) is 116 cm³/mol. The first kappa shape index (κ1) is 20.3. The standard InChI is InChI=1S/C24H26N2O3/c1-18(2)28-22-12-8-19(9-13-22)16-26-24(27)17-25-20-10-14-23(15-11-20)29-21-6-4-3-5-7-21/h3-15,18,25H,16-17H2,1-2H3,(H,26,27). The van der Waals surface area contributed by atoms with E-state index in [1.54, 1.807) is 0 Å². The number of benzene rings is 3. The minimum atomic E-state index is -0.0721. The molecule has 29 heavy (non-hydrogen) atoms. The normalized spacial score (nSPS) is 10.4. The van der Waals surface area contributed by atoms with E-state index < -0.39 is 0 Å². The lowest BCUT2D eigenvalue weighted by Gasteiger charge is -2.11. The highest BCUT2D eigenvalue weighted by Crippen LogP contribution is 2.22. The fourth-order valence-corrected chi connectivity index (χ4v) is 2.67. The molecule has 0 saturated heterocycles. The van der Waals surface area contributed by atoms with E-state index in [1.807, 2.05) is 92.7 Å². The smallest absolute Gasteiger partial charge is 0.239 e. The molecule has 0 aromatic heterocycles. The summed E-state index contributed by atoms with van der Waals surface area (Å²) in [4.78, 5) is 12.1. The van der Waals surface area contributed by atoms with Crippen LogP contribution in [0.1, 0.15) is 19.4 Å². The summed E-state index contributed by atoms with van der Waals surface area (Å²) in [5.74, 6) is 2.29. The molecule has 0 heterocycles. The Kier molecular flexibility index (Phi) is 7.11. The summed E-state index contributed by atoms with van der Waals surface area (Å²) in [5, 5.41) is 6.02. The molecule has 0 spiro atoms. The predicted octanol–water partition coefficient (Wildman–Crippen LogP) is 4.99. The fourth-order valence-electron chi connectivity index (χ4n) is 2.67. The monoisotopic (exact) mass is 390 g/mol. The minimum Gasteiger partial charge on any atom is -0.491 e. The number of nitrogens with one attached hydrogen (secondary N) is 2.